The molecule has 5 heteroatoms. The molecule has 0 fully saturated rings. The highest BCUT2D eigenvalue weighted by molar-refractivity contribution is 6.76. The van der Waals surface area contributed by atoms with Crippen molar-refractivity contribution in [2.45, 2.75) is 25.7 Å². The van der Waals surface area contributed by atoms with Crippen LogP contribution in [0.1, 0.15) is 10.4 Å². The van der Waals surface area contributed by atoms with Crippen molar-refractivity contribution in [1.82, 2.24) is 0 Å². The first kappa shape index (κ1) is 17.5. The van der Waals surface area contributed by atoms with E-state index in [1.807, 2.05) is 30.3 Å². The van der Waals surface area contributed by atoms with Crippen molar-refractivity contribution in [3.05, 3.63) is 42.0 Å². The maximum atomic E-state index is 12.0. The molecule has 0 aliphatic carbocycles. The molecule has 0 aromatic heterocycles. The highest BCUT2D eigenvalue weighted by atomic mass is 28.3. The van der Waals surface area contributed by atoms with Crippen LogP contribution in [0.4, 0.5) is 0 Å². The number of carbonyl (C=O) groups excluding carboxylic acids is 1. The van der Waals surface area contributed by atoms with Crippen LogP contribution in [0.15, 0.2) is 36.4 Å². The van der Waals surface area contributed by atoms with Gasteiger partial charge in [-0.25, -0.2) is 4.79 Å². The lowest BCUT2D eigenvalue weighted by molar-refractivity contribution is 0.0208. The van der Waals surface area contributed by atoms with E-state index in [4.69, 9.17) is 14.2 Å². The number of hydrogen-bond donors (Lipinski definition) is 0. The second-order valence-electron chi connectivity index (χ2n) is 6.67. The van der Waals surface area contributed by atoms with E-state index in [-0.39, 0.29) is 6.79 Å². The highest BCUT2D eigenvalue weighted by Crippen LogP contribution is 2.27. The lowest BCUT2D eigenvalue weighted by Gasteiger charge is -2.16. The van der Waals surface area contributed by atoms with Gasteiger partial charge in [-0.2, -0.15) is 0 Å². The standard InChI is InChI=1S/C18H24O4Si/c1-20-18(19)16-11-14-7-5-6-8-15(14)12-17(16)22-13-21-9-10-23(2,3)4/h5-8,11-12H,9-10,13H2,1-4H3. The minimum Gasteiger partial charge on any atom is -0.467 e. The van der Waals surface area contributed by atoms with Crippen LogP contribution in [-0.2, 0) is 9.47 Å². The zero-order chi connectivity index (χ0) is 16.9. The van der Waals surface area contributed by atoms with Gasteiger partial charge in [0.2, 0.25) is 0 Å². The molecule has 0 unspecified atom stereocenters. The lowest BCUT2D eigenvalue weighted by atomic mass is 10.1. The third kappa shape index (κ3) is 5.08. The zero-order valence-corrected chi connectivity index (χ0v) is 15.2. The molecular formula is C18H24O4Si. The number of benzene rings is 2. The molecule has 0 bridgehead atoms. The largest absolute Gasteiger partial charge is 0.467 e. The Morgan fingerprint density at radius 2 is 1.74 bits per heavy atom. The van der Waals surface area contributed by atoms with Crippen molar-refractivity contribution in [2.75, 3.05) is 20.5 Å². The number of ether oxygens (including phenoxy) is 3. The molecule has 4 nitrogen and oxygen atoms in total. The van der Waals surface area contributed by atoms with Gasteiger partial charge in [-0.05, 0) is 28.9 Å². The van der Waals surface area contributed by atoms with Crippen molar-refractivity contribution in [2.24, 2.45) is 0 Å². The fraction of sp³-hybridized carbons (Fsp3) is 0.389. The van der Waals surface area contributed by atoms with E-state index in [9.17, 15) is 4.79 Å². The Balaban J connectivity index is 2.10. The normalized spacial score (nSPS) is 11.5. The Bertz CT molecular complexity index is 676. The minimum atomic E-state index is -1.11. The van der Waals surface area contributed by atoms with Gasteiger partial charge in [0.15, 0.2) is 6.79 Å². The minimum absolute atomic E-state index is 0.132. The summed E-state index contributed by atoms with van der Waals surface area (Å²) in [6.45, 7) is 7.71. The molecule has 0 radical (unpaired) electrons. The number of rotatable bonds is 7. The van der Waals surface area contributed by atoms with Gasteiger partial charge in [0.05, 0.1) is 7.11 Å². The molecule has 0 spiro atoms. The monoisotopic (exact) mass is 332 g/mol. The van der Waals surface area contributed by atoms with E-state index in [0.29, 0.717) is 17.9 Å². The second kappa shape index (κ2) is 7.61. The maximum absolute atomic E-state index is 12.0. The predicted molar refractivity (Wildman–Crippen MR) is 94.9 cm³/mol. The average molecular weight is 332 g/mol. The summed E-state index contributed by atoms with van der Waals surface area (Å²) in [4.78, 5) is 12.0. The van der Waals surface area contributed by atoms with Gasteiger partial charge in [0.1, 0.15) is 11.3 Å². The third-order valence-corrected chi connectivity index (χ3v) is 5.25. The summed E-state index contributed by atoms with van der Waals surface area (Å²) in [6.07, 6.45) is 0. The quantitative estimate of drug-likeness (QED) is 0.328. The third-order valence-electron chi connectivity index (χ3n) is 3.55. The Hall–Kier alpha value is -1.85. The molecule has 0 saturated carbocycles. The summed E-state index contributed by atoms with van der Waals surface area (Å²) in [5.41, 5.74) is 0.417. The molecule has 0 heterocycles. The Morgan fingerprint density at radius 3 is 2.35 bits per heavy atom. The first-order valence-electron chi connectivity index (χ1n) is 7.72. The molecule has 124 valence electrons. The lowest BCUT2D eigenvalue weighted by Crippen LogP contribution is -2.22. The van der Waals surface area contributed by atoms with E-state index >= 15 is 0 Å². The zero-order valence-electron chi connectivity index (χ0n) is 14.2. The van der Waals surface area contributed by atoms with Crippen LogP contribution < -0.4 is 4.74 Å². The molecule has 0 amide bonds. The van der Waals surface area contributed by atoms with Gasteiger partial charge in [-0.3, -0.25) is 0 Å². The van der Waals surface area contributed by atoms with E-state index in [0.717, 1.165) is 16.8 Å². The molecule has 0 aliphatic heterocycles. The molecule has 2 rings (SSSR count). The summed E-state index contributed by atoms with van der Waals surface area (Å²) in [5, 5.41) is 1.98. The fourth-order valence-electron chi connectivity index (χ4n) is 2.15. The Labute approximate surface area is 138 Å². The van der Waals surface area contributed by atoms with Gasteiger partial charge < -0.3 is 14.2 Å². The van der Waals surface area contributed by atoms with Crippen molar-refractivity contribution in [1.29, 1.82) is 0 Å². The van der Waals surface area contributed by atoms with Crippen LogP contribution in [0.25, 0.3) is 10.8 Å². The molecule has 23 heavy (non-hydrogen) atoms. The summed E-state index contributed by atoms with van der Waals surface area (Å²) in [5.74, 6) is 0.0800. The average Bonchev–Trinajstić information content (AvgIpc) is 2.52. The van der Waals surface area contributed by atoms with Gasteiger partial charge in [-0.15, -0.1) is 0 Å². The van der Waals surface area contributed by atoms with Gasteiger partial charge >= 0.3 is 5.97 Å². The summed E-state index contributed by atoms with van der Waals surface area (Å²) >= 11 is 0. The number of esters is 1. The van der Waals surface area contributed by atoms with Crippen LogP contribution in [0.5, 0.6) is 5.75 Å². The summed E-state index contributed by atoms with van der Waals surface area (Å²) in [6, 6.07) is 12.5. The van der Waals surface area contributed by atoms with Crippen LogP contribution in [0.3, 0.4) is 0 Å². The van der Waals surface area contributed by atoms with E-state index in [1.165, 1.54) is 7.11 Å². The van der Waals surface area contributed by atoms with Crippen LogP contribution >= 0.6 is 0 Å². The first-order chi connectivity index (χ1) is 10.9. The molecule has 2 aromatic carbocycles. The fourth-order valence-corrected chi connectivity index (χ4v) is 2.91. The molecule has 0 N–H and O–H groups in total. The smallest absolute Gasteiger partial charge is 0.341 e. The predicted octanol–water partition coefficient (Wildman–Crippen LogP) is 4.32. The Kier molecular flexibility index (Phi) is 5.79. The van der Waals surface area contributed by atoms with Gasteiger partial charge in [0, 0.05) is 14.7 Å². The molecule has 0 atom stereocenters. The number of fused-ring (bicyclic) bond motifs is 1. The first-order valence-corrected chi connectivity index (χ1v) is 11.4. The molecule has 0 saturated heterocycles. The van der Waals surface area contributed by atoms with Crippen molar-refractivity contribution in [3.63, 3.8) is 0 Å². The molecular weight excluding hydrogens is 308 g/mol. The van der Waals surface area contributed by atoms with Gasteiger partial charge in [-0.1, -0.05) is 43.9 Å². The number of carbonyl (C=O) groups is 1. The van der Waals surface area contributed by atoms with E-state index in [1.54, 1.807) is 6.07 Å². The van der Waals surface area contributed by atoms with Crippen molar-refractivity contribution < 1.29 is 19.0 Å². The van der Waals surface area contributed by atoms with Crippen LogP contribution in [-0.4, -0.2) is 34.6 Å². The number of hydrogen-bond acceptors (Lipinski definition) is 4. The SMILES string of the molecule is COC(=O)c1cc2ccccc2cc1OCOCC[Si](C)(C)C. The molecule has 0 aliphatic rings. The van der Waals surface area contributed by atoms with Gasteiger partial charge in [0.25, 0.3) is 0 Å². The van der Waals surface area contributed by atoms with E-state index < -0.39 is 14.0 Å². The number of methoxy groups -OCH3 is 1. The van der Waals surface area contributed by atoms with Crippen molar-refractivity contribution in [3.8, 4) is 5.75 Å². The topological polar surface area (TPSA) is 44.8 Å². The second-order valence-corrected chi connectivity index (χ2v) is 12.3. The van der Waals surface area contributed by atoms with Crippen LogP contribution in [0, 0.1) is 0 Å². The van der Waals surface area contributed by atoms with E-state index in [2.05, 4.69) is 19.6 Å². The molecule has 2 aromatic rings. The van der Waals surface area contributed by atoms with Crippen molar-refractivity contribution >= 4 is 24.8 Å². The summed E-state index contributed by atoms with van der Waals surface area (Å²) < 4.78 is 16.1. The summed E-state index contributed by atoms with van der Waals surface area (Å²) in [7, 11) is 0.255. The van der Waals surface area contributed by atoms with Crippen LogP contribution in [0.2, 0.25) is 25.7 Å². The Morgan fingerprint density at radius 1 is 1.09 bits per heavy atom. The highest BCUT2D eigenvalue weighted by Gasteiger charge is 2.15. The maximum Gasteiger partial charge on any atom is 0.341 e.